The number of amides is 2. The predicted molar refractivity (Wildman–Crippen MR) is 163 cm³/mol. The van der Waals surface area contributed by atoms with Crippen LogP contribution in [0.5, 0.6) is 0 Å². The first-order valence-electron chi connectivity index (χ1n) is 14.3. The number of carbonyl (C=O) groups excluding carboxylic acids is 2. The summed E-state index contributed by atoms with van der Waals surface area (Å²) in [4.78, 5) is 37.2. The highest BCUT2D eigenvalue weighted by Gasteiger charge is 2.30. The highest BCUT2D eigenvalue weighted by molar-refractivity contribution is 7.89. The normalized spacial score (nSPS) is 17.1. The Morgan fingerprint density at radius 1 is 0.929 bits per heavy atom. The second kappa shape index (κ2) is 18.6. The number of nitrogens with zero attached hydrogens (tertiary/aromatic N) is 1. The number of aryl methyl sites for hydroxylation is 2. The Bertz CT molecular complexity index is 1070. The van der Waals surface area contributed by atoms with Gasteiger partial charge in [0, 0.05) is 12.5 Å². The number of aromatic nitrogens is 2. The molecule has 2 saturated heterocycles. The first-order valence-corrected chi connectivity index (χ1v) is 15.8. The van der Waals surface area contributed by atoms with Gasteiger partial charge in [0.2, 0.25) is 21.8 Å². The Morgan fingerprint density at radius 2 is 1.45 bits per heavy atom. The third-order valence-corrected chi connectivity index (χ3v) is 9.72. The van der Waals surface area contributed by atoms with Crippen molar-refractivity contribution in [1.29, 1.82) is 0 Å². The van der Waals surface area contributed by atoms with Crippen molar-refractivity contribution < 1.29 is 27.9 Å². The zero-order valence-electron chi connectivity index (χ0n) is 24.4. The van der Waals surface area contributed by atoms with Gasteiger partial charge in [-0.2, -0.15) is 9.82 Å². The largest absolute Gasteiger partial charge is 0.480 e. The van der Waals surface area contributed by atoms with Crippen LogP contribution in [0.15, 0.2) is 4.90 Å². The van der Waals surface area contributed by atoms with Crippen molar-refractivity contribution >= 4 is 52.6 Å². The van der Waals surface area contributed by atoms with Gasteiger partial charge in [-0.15, -0.1) is 24.8 Å². The third kappa shape index (κ3) is 12.0. The lowest BCUT2D eigenvalue weighted by Gasteiger charge is -2.27. The molecule has 13 nitrogen and oxygen atoms in total. The molecule has 7 N–H and O–H groups in total. The van der Waals surface area contributed by atoms with E-state index in [9.17, 15) is 27.9 Å². The summed E-state index contributed by atoms with van der Waals surface area (Å²) in [6, 6.07) is -1.60. The molecular weight excluding hydrogens is 609 g/mol. The van der Waals surface area contributed by atoms with Gasteiger partial charge in [-0.25, -0.2) is 8.42 Å². The van der Waals surface area contributed by atoms with Gasteiger partial charge >= 0.3 is 5.97 Å². The van der Waals surface area contributed by atoms with E-state index in [4.69, 9.17) is 0 Å². The zero-order valence-corrected chi connectivity index (χ0v) is 26.8. The minimum Gasteiger partial charge on any atom is -0.480 e. The molecule has 0 bridgehead atoms. The summed E-state index contributed by atoms with van der Waals surface area (Å²) >= 11 is 0. The van der Waals surface area contributed by atoms with Gasteiger partial charge in [-0.05, 0) is 103 Å². The third-order valence-electron chi connectivity index (χ3n) is 7.99. The molecule has 242 valence electrons. The molecule has 2 aliphatic heterocycles. The average Bonchev–Trinajstić information content (AvgIpc) is 3.29. The maximum Gasteiger partial charge on any atom is 0.323 e. The molecule has 2 fully saturated rings. The SMILES string of the molecule is Cc1n[nH]c(C)c1S(=O)(=O)NC(CNC(=O)CNC(=O)C(CCC1CCNCC1)CCC1CCNCC1)C(=O)O.Cl.Cl. The maximum absolute atomic E-state index is 13.1. The van der Waals surface area contributed by atoms with E-state index in [0.717, 1.165) is 77.5 Å². The number of piperidine rings is 2. The van der Waals surface area contributed by atoms with Gasteiger partial charge in [0.25, 0.3) is 0 Å². The topological polar surface area (TPSA) is 194 Å². The van der Waals surface area contributed by atoms with Gasteiger partial charge in [0.15, 0.2) is 0 Å². The molecule has 1 unspecified atom stereocenters. The Hall–Kier alpha value is -1.97. The molecular formula is C26H47Cl2N7O6S. The molecule has 2 aliphatic rings. The molecule has 1 aromatic heterocycles. The molecule has 0 aliphatic carbocycles. The Labute approximate surface area is 260 Å². The first kappa shape index (κ1) is 38.1. The van der Waals surface area contributed by atoms with E-state index >= 15 is 0 Å². The highest BCUT2D eigenvalue weighted by Crippen LogP contribution is 2.27. The Morgan fingerprint density at radius 3 is 1.90 bits per heavy atom. The average molecular weight is 657 g/mol. The number of sulfonamides is 1. The monoisotopic (exact) mass is 655 g/mol. The number of hydrogen-bond acceptors (Lipinski definition) is 8. The summed E-state index contributed by atoms with van der Waals surface area (Å²) in [5.74, 6) is -1.18. The number of rotatable bonds is 15. The number of halogens is 2. The van der Waals surface area contributed by atoms with E-state index in [1.165, 1.54) is 13.8 Å². The van der Waals surface area contributed by atoms with Gasteiger partial charge < -0.3 is 26.4 Å². The van der Waals surface area contributed by atoms with Crippen LogP contribution in [-0.4, -0.2) is 86.8 Å². The number of carbonyl (C=O) groups is 3. The molecule has 0 saturated carbocycles. The van der Waals surface area contributed by atoms with Crippen molar-refractivity contribution in [2.45, 2.75) is 76.2 Å². The van der Waals surface area contributed by atoms with Crippen molar-refractivity contribution in [3.8, 4) is 0 Å². The molecule has 2 amide bonds. The number of aromatic amines is 1. The predicted octanol–water partition coefficient (Wildman–Crippen LogP) is 1.01. The molecule has 1 atom stereocenters. The zero-order chi connectivity index (χ0) is 29.1. The molecule has 0 spiro atoms. The molecule has 16 heteroatoms. The van der Waals surface area contributed by atoms with Crippen molar-refractivity contribution in [3.63, 3.8) is 0 Å². The summed E-state index contributed by atoms with van der Waals surface area (Å²) < 4.78 is 27.6. The highest BCUT2D eigenvalue weighted by atomic mass is 35.5. The molecule has 3 heterocycles. The lowest BCUT2D eigenvalue weighted by atomic mass is 9.84. The van der Waals surface area contributed by atoms with Crippen molar-refractivity contribution in [2.75, 3.05) is 39.3 Å². The van der Waals surface area contributed by atoms with Crippen LogP contribution in [0, 0.1) is 31.6 Å². The minimum atomic E-state index is -4.19. The molecule has 42 heavy (non-hydrogen) atoms. The van der Waals surface area contributed by atoms with E-state index in [2.05, 4.69) is 36.2 Å². The Kier molecular flexibility index (Phi) is 16.9. The lowest BCUT2D eigenvalue weighted by Crippen LogP contribution is -2.50. The fourth-order valence-corrected chi connectivity index (χ4v) is 7.13. The fourth-order valence-electron chi connectivity index (χ4n) is 5.57. The molecule has 0 radical (unpaired) electrons. The molecule has 3 rings (SSSR count). The van der Waals surface area contributed by atoms with Crippen molar-refractivity contribution in [3.05, 3.63) is 11.4 Å². The van der Waals surface area contributed by atoms with E-state index in [1.54, 1.807) is 0 Å². The lowest BCUT2D eigenvalue weighted by molar-refractivity contribution is -0.139. The van der Waals surface area contributed by atoms with Crippen LogP contribution in [0.2, 0.25) is 0 Å². The van der Waals surface area contributed by atoms with Crippen LogP contribution in [-0.2, 0) is 24.4 Å². The number of hydrogen-bond donors (Lipinski definition) is 7. The number of nitrogens with one attached hydrogen (secondary N) is 6. The van der Waals surface area contributed by atoms with Crippen LogP contribution < -0.4 is 26.0 Å². The minimum absolute atomic E-state index is 0. The Balaban J connectivity index is 0.00000441. The standard InChI is InChI=1S/C26H45N7O6S.2ClH/c1-17-24(18(2)32-31-17)40(38,39)33-22(26(36)37)15-29-23(34)16-30-25(35)21(5-3-19-7-11-27-12-8-19)6-4-20-9-13-28-14-10-20;;/h19-22,27-28,33H,3-16H2,1-2H3,(H,29,34)(H,30,35)(H,31,32)(H,36,37);2*1H. The summed E-state index contributed by atoms with van der Waals surface area (Å²) in [5, 5.41) is 27.8. The van der Waals surface area contributed by atoms with E-state index < -0.39 is 34.5 Å². The molecule has 0 aromatic carbocycles. The quantitative estimate of drug-likeness (QED) is 0.144. The van der Waals surface area contributed by atoms with Crippen LogP contribution in [0.1, 0.15) is 62.8 Å². The van der Waals surface area contributed by atoms with Gasteiger partial charge in [0.05, 0.1) is 17.9 Å². The number of carboxylic acids is 1. The van der Waals surface area contributed by atoms with Crippen LogP contribution >= 0.6 is 24.8 Å². The second-order valence-electron chi connectivity index (χ2n) is 11.0. The maximum atomic E-state index is 13.1. The number of H-pyrrole nitrogens is 1. The van der Waals surface area contributed by atoms with Crippen LogP contribution in [0.25, 0.3) is 0 Å². The summed E-state index contributed by atoms with van der Waals surface area (Å²) in [7, 11) is -4.19. The van der Waals surface area contributed by atoms with E-state index in [0.29, 0.717) is 11.8 Å². The summed E-state index contributed by atoms with van der Waals surface area (Å²) in [6.45, 7) is 6.24. The van der Waals surface area contributed by atoms with Crippen LogP contribution in [0.4, 0.5) is 0 Å². The number of carboxylic acid groups (broad SMARTS) is 1. The van der Waals surface area contributed by atoms with E-state index in [1.807, 2.05) is 0 Å². The van der Waals surface area contributed by atoms with Gasteiger partial charge in [-0.3, -0.25) is 19.5 Å². The summed E-state index contributed by atoms with van der Waals surface area (Å²) in [6.07, 6.45) is 7.96. The van der Waals surface area contributed by atoms with Crippen molar-refractivity contribution in [2.24, 2.45) is 17.8 Å². The smallest absolute Gasteiger partial charge is 0.323 e. The van der Waals surface area contributed by atoms with E-state index in [-0.39, 0.29) is 59.5 Å². The number of aliphatic carboxylic acids is 1. The van der Waals surface area contributed by atoms with Crippen LogP contribution in [0.3, 0.4) is 0 Å². The van der Waals surface area contributed by atoms with Gasteiger partial charge in [-0.1, -0.05) is 0 Å². The van der Waals surface area contributed by atoms with Gasteiger partial charge in [0.1, 0.15) is 10.9 Å². The second-order valence-corrected chi connectivity index (χ2v) is 12.7. The first-order chi connectivity index (χ1) is 19.1. The fraction of sp³-hybridized carbons (Fsp3) is 0.769. The molecule has 1 aromatic rings. The summed E-state index contributed by atoms with van der Waals surface area (Å²) in [5.41, 5.74) is 0.478. The van der Waals surface area contributed by atoms with Crippen molar-refractivity contribution in [1.82, 2.24) is 36.2 Å².